The molecule has 0 aliphatic rings. The van der Waals surface area contributed by atoms with Gasteiger partial charge >= 0.3 is 0 Å². The molecule has 92 valence electrons. The lowest BCUT2D eigenvalue weighted by Crippen LogP contribution is -2.17. The first kappa shape index (κ1) is 11.6. The topological polar surface area (TPSA) is 120 Å². The van der Waals surface area contributed by atoms with Crippen LogP contribution in [0.2, 0.25) is 0 Å². The van der Waals surface area contributed by atoms with E-state index in [4.69, 9.17) is 10.9 Å². The van der Waals surface area contributed by atoms with Gasteiger partial charge in [-0.2, -0.15) is 5.10 Å². The fourth-order valence-corrected chi connectivity index (χ4v) is 1.51. The van der Waals surface area contributed by atoms with Crippen LogP contribution in [-0.2, 0) is 0 Å². The van der Waals surface area contributed by atoms with Gasteiger partial charge in [-0.25, -0.2) is 4.68 Å². The molecule has 0 unspecified atom stereocenters. The predicted molar refractivity (Wildman–Crippen MR) is 62.7 cm³/mol. The van der Waals surface area contributed by atoms with Gasteiger partial charge in [0.1, 0.15) is 0 Å². The molecule has 3 N–H and O–H groups in total. The number of oxime groups is 1. The van der Waals surface area contributed by atoms with E-state index in [1.807, 2.05) is 0 Å². The Balaban J connectivity index is 2.63. The van der Waals surface area contributed by atoms with Gasteiger partial charge in [0.05, 0.1) is 16.2 Å². The molecule has 18 heavy (non-hydrogen) atoms. The average Bonchev–Trinajstić information content (AvgIpc) is 2.90. The van der Waals surface area contributed by atoms with Crippen molar-refractivity contribution in [3.8, 4) is 5.69 Å². The van der Waals surface area contributed by atoms with Crippen molar-refractivity contribution in [3.05, 3.63) is 52.3 Å². The minimum absolute atomic E-state index is 0.146. The van der Waals surface area contributed by atoms with E-state index in [-0.39, 0.29) is 17.1 Å². The van der Waals surface area contributed by atoms with Gasteiger partial charge in [0.15, 0.2) is 5.84 Å². The highest BCUT2D eigenvalue weighted by Gasteiger charge is 2.15. The number of hydrogen-bond donors (Lipinski definition) is 2. The highest BCUT2D eigenvalue weighted by Crippen LogP contribution is 2.20. The van der Waals surface area contributed by atoms with Gasteiger partial charge in [-0.15, -0.1) is 0 Å². The molecule has 2 aromatic rings. The zero-order valence-corrected chi connectivity index (χ0v) is 9.09. The summed E-state index contributed by atoms with van der Waals surface area (Å²) in [4.78, 5) is 10.1. The standard InChI is InChI=1S/C10H9N5O3/c11-10(13-16)8-6-7(15(17)18)2-3-9(8)14-5-1-4-12-14/h1-6,16H,(H2,11,13). The van der Waals surface area contributed by atoms with Crippen molar-refractivity contribution in [2.24, 2.45) is 10.9 Å². The Kier molecular flexibility index (Phi) is 2.92. The summed E-state index contributed by atoms with van der Waals surface area (Å²) in [6, 6.07) is 5.73. The number of hydrogen-bond acceptors (Lipinski definition) is 5. The van der Waals surface area contributed by atoms with Gasteiger partial charge in [-0.1, -0.05) is 5.16 Å². The summed E-state index contributed by atoms with van der Waals surface area (Å²) in [5.74, 6) is -0.218. The van der Waals surface area contributed by atoms with Crippen LogP contribution in [-0.4, -0.2) is 25.7 Å². The highest BCUT2D eigenvalue weighted by molar-refractivity contribution is 6.00. The van der Waals surface area contributed by atoms with Crippen molar-refractivity contribution in [1.29, 1.82) is 0 Å². The van der Waals surface area contributed by atoms with Crippen LogP contribution in [0.5, 0.6) is 0 Å². The lowest BCUT2D eigenvalue weighted by Gasteiger charge is -2.07. The number of nitrogens with two attached hydrogens (primary N) is 1. The first-order valence-electron chi connectivity index (χ1n) is 4.90. The first-order valence-corrected chi connectivity index (χ1v) is 4.90. The van der Waals surface area contributed by atoms with Crippen LogP contribution in [0.4, 0.5) is 5.69 Å². The maximum atomic E-state index is 10.7. The van der Waals surface area contributed by atoms with E-state index in [1.54, 1.807) is 18.5 Å². The van der Waals surface area contributed by atoms with Gasteiger partial charge in [-0.3, -0.25) is 10.1 Å². The summed E-state index contributed by atoms with van der Waals surface area (Å²) in [6.45, 7) is 0. The van der Waals surface area contributed by atoms with E-state index >= 15 is 0 Å². The molecule has 0 bridgehead atoms. The van der Waals surface area contributed by atoms with Crippen LogP contribution in [0.1, 0.15) is 5.56 Å². The van der Waals surface area contributed by atoms with Crippen LogP contribution >= 0.6 is 0 Å². The number of benzene rings is 1. The Bertz CT molecular complexity index is 606. The summed E-state index contributed by atoms with van der Waals surface area (Å²) < 4.78 is 1.47. The second kappa shape index (κ2) is 4.53. The summed E-state index contributed by atoms with van der Waals surface area (Å²) in [6.07, 6.45) is 3.20. The maximum absolute atomic E-state index is 10.7. The second-order valence-corrected chi connectivity index (χ2v) is 3.39. The number of nitro groups is 1. The summed E-state index contributed by atoms with van der Waals surface area (Å²) in [5, 5.41) is 26.3. The Hall–Kier alpha value is -2.90. The van der Waals surface area contributed by atoms with Crippen molar-refractivity contribution in [2.75, 3.05) is 0 Å². The fourth-order valence-electron chi connectivity index (χ4n) is 1.51. The Labute approximate surface area is 101 Å². The lowest BCUT2D eigenvalue weighted by atomic mass is 10.1. The van der Waals surface area contributed by atoms with Crippen molar-refractivity contribution in [2.45, 2.75) is 0 Å². The largest absolute Gasteiger partial charge is 0.409 e. The molecule has 0 aliphatic heterocycles. The minimum atomic E-state index is -0.555. The molecule has 0 amide bonds. The Morgan fingerprint density at radius 2 is 2.33 bits per heavy atom. The van der Waals surface area contributed by atoms with Crippen LogP contribution in [0, 0.1) is 10.1 Å². The maximum Gasteiger partial charge on any atom is 0.270 e. The van der Waals surface area contributed by atoms with Crippen molar-refractivity contribution in [3.63, 3.8) is 0 Å². The van der Waals surface area contributed by atoms with E-state index in [0.717, 1.165) is 0 Å². The number of nitrogens with zero attached hydrogens (tertiary/aromatic N) is 4. The molecular formula is C10H9N5O3. The monoisotopic (exact) mass is 247 g/mol. The number of aromatic nitrogens is 2. The molecule has 1 aromatic carbocycles. The molecule has 0 saturated carbocycles. The van der Waals surface area contributed by atoms with Crippen LogP contribution in [0.3, 0.4) is 0 Å². The molecule has 8 nitrogen and oxygen atoms in total. The number of nitro benzene ring substituents is 1. The van der Waals surface area contributed by atoms with Crippen LogP contribution < -0.4 is 5.73 Å². The van der Waals surface area contributed by atoms with Gasteiger partial charge < -0.3 is 10.9 Å². The fraction of sp³-hybridized carbons (Fsp3) is 0. The zero-order chi connectivity index (χ0) is 13.1. The number of non-ortho nitro benzene ring substituents is 1. The molecule has 8 heteroatoms. The Morgan fingerprint density at radius 3 is 2.89 bits per heavy atom. The third-order valence-electron chi connectivity index (χ3n) is 2.33. The molecular weight excluding hydrogens is 238 g/mol. The van der Waals surface area contributed by atoms with Gasteiger partial charge in [-0.05, 0) is 12.1 Å². The molecule has 2 rings (SSSR count). The van der Waals surface area contributed by atoms with Crippen molar-refractivity contribution < 1.29 is 10.1 Å². The van der Waals surface area contributed by atoms with E-state index in [0.29, 0.717) is 5.69 Å². The average molecular weight is 247 g/mol. The minimum Gasteiger partial charge on any atom is -0.409 e. The van der Waals surface area contributed by atoms with Gasteiger partial charge in [0.2, 0.25) is 0 Å². The van der Waals surface area contributed by atoms with E-state index in [1.165, 1.54) is 22.9 Å². The van der Waals surface area contributed by atoms with Crippen molar-refractivity contribution in [1.82, 2.24) is 9.78 Å². The van der Waals surface area contributed by atoms with Crippen LogP contribution in [0.15, 0.2) is 41.8 Å². The third kappa shape index (κ3) is 1.98. The second-order valence-electron chi connectivity index (χ2n) is 3.39. The molecule has 1 aromatic heterocycles. The molecule has 0 atom stereocenters. The van der Waals surface area contributed by atoms with Gasteiger partial charge in [0.25, 0.3) is 5.69 Å². The predicted octanol–water partition coefficient (Wildman–Crippen LogP) is 0.875. The lowest BCUT2D eigenvalue weighted by molar-refractivity contribution is -0.384. The number of rotatable bonds is 3. The Morgan fingerprint density at radius 1 is 1.56 bits per heavy atom. The highest BCUT2D eigenvalue weighted by atomic mass is 16.6. The summed E-state index contributed by atoms with van der Waals surface area (Å²) in [7, 11) is 0. The molecule has 0 aliphatic carbocycles. The quantitative estimate of drug-likeness (QED) is 0.274. The third-order valence-corrected chi connectivity index (χ3v) is 2.33. The smallest absolute Gasteiger partial charge is 0.270 e. The summed E-state index contributed by atoms with van der Waals surface area (Å²) in [5.41, 5.74) is 6.08. The SMILES string of the molecule is NC(=NO)c1cc([N+](=O)[O-])ccc1-n1cccn1. The molecule has 1 heterocycles. The molecule has 0 fully saturated rings. The van der Waals surface area contributed by atoms with E-state index in [2.05, 4.69) is 10.3 Å². The first-order chi connectivity index (χ1) is 8.63. The molecule has 0 radical (unpaired) electrons. The van der Waals surface area contributed by atoms with E-state index in [9.17, 15) is 10.1 Å². The molecule has 0 saturated heterocycles. The number of amidine groups is 1. The summed E-state index contributed by atoms with van der Waals surface area (Å²) >= 11 is 0. The van der Waals surface area contributed by atoms with E-state index < -0.39 is 4.92 Å². The normalized spacial score (nSPS) is 11.4. The zero-order valence-electron chi connectivity index (χ0n) is 9.09. The van der Waals surface area contributed by atoms with Crippen molar-refractivity contribution >= 4 is 11.5 Å². The van der Waals surface area contributed by atoms with Gasteiger partial charge in [0, 0.05) is 24.5 Å². The van der Waals surface area contributed by atoms with Crippen LogP contribution in [0.25, 0.3) is 5.69 Å². The molecule has 0 spiro atoms.